The van der Waals surface area contributed by atoms with Gasteiger partial charge in [0.05, 0.1) is 6.33 Å². The summed E-state index contributed by atoms with van der Waals surface area (Å²) in [6.07, 6.45) is 5.28. The number of hydrogen-bond acceptors (Lipinski definition) is 4. The van der Waals surface area contributed by atoms with Gasteiger partial charge >= 0.3 is 0 Å². The lowest BCUT2D eigenvalue weighted by Crippen LogP contribution is -2.10. The van der Waals surface area contributed by atoms with Crippen molar-refractivity contribution in [1.29, 1.82) is 0 Å². The van der Waals surface area contributed by atoms with E-state index in [0.29, 0.717) is 29.2 Å². The van der Waals surface area contributed by atoms with Crippen LogP contribution in [0.25, 0.3) is 11.1 Å². The second-order valence-electron chi connectivity index (χ2n) is 5.42. The Hall–Kier alpha value is -1.88. The molecule has 5 heteroatoms. The third-order valence-electron chi connectivity index (χ3n) is 3.92. The monoisotopic (exact) mass is 290 g/mol. The van der Waals surface area contributed by atoms with E-state index in [1.807, 2.05) is 12.1 Å². The first-order chi connectivity index (χ1) is 10.3. The summed E-state index contributed by atoms with van der Waals surface area (Å²) in [5.41, 5.74) is 7.36. The summed E-state index contributed by atoms with van der Waals surface area (Å²) >= 11 is 0. The molecule has 4 nitrogen and oxygen atoms in total. The first kappa shape index (κ1) is 14.1. The van der Waals surface area contributed by atoms with Crippen molar-refractivity contribution in [2.75, 3.05) is 13.2 Å². The summed E-state index contributed by atoms with van der Waals surface area (Å²) in [5, 5.41) is 0. The number of hydrogen-bond donors (Lipinski definition) is 1. The quantitative estimate of drug-likeness (QED) is 0.912. The van der Waals surface area contributed by atoms with Crippen molar-refractivity contribution in [1.82, 2.24) is 4.98 Å². The highest BCUT2D eigenvalue weighted by Gasteiger charge is 2.22. The van der Waals surface area contributed by atoms with E-state index < -0.39 is 0 Å². The van der Waals surface area contributed by atoms with Crippen molar-refractivity contribution < 1.29 is 13.5 Å². The zero-order valence-electron chi connectivity index (χ0n) is 11.8. The van der Waals surface area contributed by atoms with Gasteiger partial charge in [0.25, 0.3) is 0 Å². The number of oxazole rings is 1. The van der Waals surface area contributed by atoms with E-state index in [4.69, 9.17) is 14.9 Å². The molecular weight excluding hydrogens is 271 g/mol. The minimum atomic E-state index is 0.141. The molecule has 1 fully saturated rings. The minimum Gasteiger partial charge on any atom is -0.489 e. The molecule has 1 aromatic heterocycles. The molecule has 0 amide bonds. The Kier molecular flexibility index (Phi) is 4.20. The van der Waals surface area contributed by atoms with Gasteiger partial charge in [-0.25, -0.2) is 9.37 Å². The van der Waals surface area contributed by atoms with Crippen LogP contribution in [0.5, 0.6) is 5.75 Å². The number of rotatable bonds is 5. The van der Waals surface area contributed by atoms with Crippen LogP contribution in [0.4, 0.5) is 4.39 Å². The van der Waals surface area contributed by atoms with Gasteiger partial charge < -0.3 is 14.9 Å². The molecule has 0 unspecified atom stereocenters. The van der Waals surface area contributed by atoms with Gasteiger partial charge in [0.2, 0.25) is 0 Å². The van der Waals surface area contributed by atoms with Crippen LogP contribution < -0.4 is 10.5 Å². The van der Waals surface area contributed by atoms with Crippen molar-refractivity contribution >= 4 is 11.1 Å². The highest BCUT2D eigenvalue weighted by molar-refractivity contribution is 5.74. The Balaban J connectivity index is 1.76. The fourth-order valence-electron chi connectivity index (χ4n) is 2.67. The molecule has 1 aliphatic carbocycles. The van der Waals surface area contributed by atoms with Crippen molar-refractivity contribution in [3.8, 4) is 5.75 Å². The van der Waals surface area contributed by atoms with Crippen LogP contribution in [0, 0.1) is 0 Å². The van der Waals surface area contributed by atoms with Gasteiger partial charge in [0.15, 0.2) is 11.5 Å². The molecule has 0 aliphatic heterocycles. The molecule has 2 aromatic rings. The van der Waals surface area contributed by atoms with Gasteiger partial charge in [-0.3, -0.25) is 0 Å². The van der Waals surface area contributed by atoms with Crippen molar-refractivity contribution in [2.45, 2.75) is 31.6 Å². The third kappa shape index (κ3) is 3.08. The molecule has 0 saturated heterocycles. The Morgan fingerprint density at radius 2 is 2.24 bits per heavy atom. The number of aromatic nitrogens is 1. The van der Waals surface area contributed by atoms with Gasteiger partial charge in [-0.05, 0) is 25.0 Å². The minimum absolute atomic E-state index is 0.141. The maximum absolute atomic E-state index is 12.4. The zero-order valence-corrected chi connectivity index (χ0v) is 11.8. The second-order valence-corrected chi connectivity index (χ2v) is 5.42. The van der Waals surface area contributed by atoms with E-state index in [1.54, 1.807) is 6.07 Å². The third-order valence-corrected chi connectivity index (χ3v) is 3.92. The number of halogens is 1. The summed E-state index contributed by atoms with van der Waals surface area (Å²) in [5.74, 6) is 1.90. The van der Waals surface area contributed by atoms with Crippen LogP contribution in [0.3, 0.4) is 0 Å². The van der Waals surface area contributed by atoms with Gasteiger partial charge in [-0.15, -0.1) is 0 Å². The Morgan fingerprint density at radius 3 is 2.95 bits per heavy atom. The van der Waals surface area contributed by atoms with E-state index in [-0.39, 0.29) is 13.2 Å². The maximum Gasteiger partial charge on any atom is 0.198 e. The number of benzene rings is 1. The smallest absolute Gasteiger partial charge is 0.198 e. The van der Waals surface area contributed by atoms with Crippen LogP contribution in [0.2, 0.25) is 0 Å². The lowest BCUT2D eigenvalue weighted by atomic mass is 10.1. The second kappa shape index (κ2) is 6.26. The van der Waals surface area contributed by atoms with Gasteiger partial charge in [0, 0.05) is 24.1 Å². The molecule has 1 aliphatic rings. The molecule has 1 heterocycles. The summed E-state index contributed by atoms with van der Waals surface area (Å²) in [6, 6.07) is 5.48. The topological polar surface area (TPSA) is 61.3 Å². The van der Waals surface area contributed by atoms with Crippen molar-refractivity contribution in [3.05, 3.63) is 36.0 Å². The Morgan fingerprint density at radius 1 is 1.43 bits per heavy atom. The normalized spacial score (nSPS) is 16.8. The Bertz CT molecular complexity index is 645. The van der Waals surface area contributed by atoms with Gasteiger partial charge in [0.1, 0.15) is 17.9 Å². The molecule has 0 atom stereocenters. The standard InChI is InChI=1S/C16H19FN2O2/c17-8-11(9-18)10-20-13-5-6-14-15(7-13)21-16(19-14)12-3-1-2-4-12/h5-8,12H,1-4,9-10,18H2/b11-8+. The molecule has 21 heavy (non-hydrogen) atoms. The average Bonchev–Trinajstić information content (AvgIpc) is 3.16. The van der Waals surface area contributed by atoms with E-state index in [9.17, 15) is 4.39 Å². The molecule has 0 radical (unpaired) electrons. The molecule has 3 rings (SSSR count). The molecule has 0 spiro atoms. The number of fused-ring (bicyclic) bond motifs is 1. The molecule has 0 bridgehead atoms. The number of nitrogens with zero attached hydrogens (tertiary/aromatic N) is 1. The summed E-state index contributed by atoms with van der Waals surface area (Å²) in [7, 11) is 0. The first-order valence-electron chi connectivity index (χ1n) is 7.31. The predicted molar refractivity (Wildman–Crippen MR) is 79.0 cm³/mol. The molecule has 1 aromatic carbocycles. The van der Waals surface area contributed by atoms with E-state index in [1.165, 1.54) is 12.8 Å². The lowest BCUT2D eigenvalue weighted by molar-refractivity contribution is 0.347. The van der Waals surface area contributed by atoms with Crippen LogP contribution in [0.1, 0.15) is 37.5 Å². The van der Waals surface area contributed by atoms with Gasteiger partial charge in [-0.1, -0.05) is 12.8 Å². The lowest BCUT2D eigenvalue weighted by Gasteiger charge is -2.06. The maximum atomic E-state index is 12.4. The van der Waals surface area contributed by atoms with Crippen LogP contribution >= 0.6 is 0 Å². The van der Waals surface area contributed by atoms with E-state index in [2.05, 4.69) is 4.98 Å². The highest BCUT2D eigenvalue weighted by atomic mass is 19.1. The fourth-order valence-corrected chi connectivity index (χ4v) is 2.67. The summed E-state index contributed by atoms with van der Waals surface area (Å²) in [4.78, 5) is 4.55. The Labute approximate surface area is 122 Å². The van der Waals surface area contributed by atoms with Crippen molar-refractivity contribution in [2.24, 2.45) is 5.73 Å². The summed E-state index contributed by atoms with van der Waals surface area (Å²) in [6.45, 7) is 0.287. The SMILES string of the molecule is NC/C(=C\F)COc1ccc2nc(C3CCCC3)oc2c1. The van der Waals surface area contributed by atoms with Crippen molar-refractivity contribution in [3.63, 3.8) is 0 Å². The molecular formula is C16H19FN2O2. The molecule has 112 valence electrons. The predicted octanol–water partition coefficient (Wildman–Crippen LogP) is 3.68. The average molecular weight is 290 g/mol. The van der Waals surface area contributed by atoms with E-state index >= 15 is 0 Å². The highest BCUT2D eigenvalue weighted by Crippen LogP contribution is 2.35. The number of nitrogens with two attached hydrogens (primary N) is 1. The van der Waals surface area contributed by atoms with Crippen LogP contribution in [0.15, 0.2) is 34.5 Å². The fraction of sp³-hybridized carbons (Fsp3) is 0.438. The van der Waals surface area contributed by atoms with Crippen LogP contribution in [-0.4, -0.2) is 18.1 Å². The zero-order chi connectivity index (χ0) is 14.7. The summed E-state index contributed by atoms with van der Waals surface area (Å²) < 4.78 is 23.8. The molecule has 1 saturated carbocycles. The number of ether oxygens (including phenoxy) is 1. The molecule has 2 N–H and O–H groups in total. The first-order valence-corrected chi connectivity index (χ1v) is 7.31. The van der Waals surface area contributed by atoms with Gasteiger partial charge in [-0.2, -0.15) is 0 Å². The largest absolute Gasteiger partial charge is 0.489 e. The van der Waals surface area contributed by atoms with E-state index in [0.717, 1.165) is 24.2 Å². The van der Waals surface area contributed by atoms with Crippen LogP contribution in [-0.2, 0) is 0 Å².